The molecule has 0 amide bonds. The van der Waals surface area contributed by atoms with E-state index in [-0.39, 0.29) is 12.0 Å². The summed E-state index contributed by atoms with van der Waals surface area (Å²) < 4.78 is 66.9. The topological polar surface area (TPSA) is 17.1 Å². The van der Waals surface area contributed by atoms with Gasteiger partial charge in [0.1, 0.15) is 0 Å². The number of hydrogen-bond acceptors (Lipinski definition) is 1. The molecule has 2 aromatic rings. The van der Waals surface area contributed by atoms with E-state index in [1.807, 2.05) is 0 Å². The highest BCUT2D eigenvalue weighted by molar-refractivity contribution is 6.13. The van der Waals surface area contributed by atoms with Gasteiger partial charge in [-0.3, -0.25) is 4.79 Å². The molecule has 2 aromatic carbocycles. The van der Waals surface area contributed by atoms with Crippen molar-refractivity contribution in [2.24, 2.45) is 0 Å². The lowest BCUT2D eigenvalue weighted by Gasteiger charge is -2.17. The molecule has 0 spiro atoms. The van der Waals surface area contributed by atoms with Crippen LogP contribution >= 0.6 is 0 Å². The number of Topliss-reactive ketones (excluding diaryl/α,β-unsaturated/α-hetero) is 1. The summed E-state index contributed by atoms with van der Waals surface area (Å²) >= 11 is 0. The Morgan fingerprint density at radius 3 is 2.00 bits per heavy atom. The van der Waals surface area contributed by atoms with Crippen molar-refractivity contribution in [2.75, 3.05) is 0 Å². The Morgan fingerprint density at radius 2 is 1.35 bits per heavy atom. The van der Waals surface area contributed by atoms with Crippen LogP contribution in [0, 0.1) is 29.1 Å². The second kappa shape index (κ2) is 5.61. The Balaban J connectivity index is 2.13. The van der Waals surface area contributed by atoms with Crippen molar-refractivity contribution in [1.82, 2.24) is 0 Å². The van der Waals surface area contributed by atoms with Gasteiger partial charge in [0, 0.05) is 11.1 Å². The maximum atomic E-state index is 13.7. The molecule has 6 heteroatoms. The average molecular weight is 324 g/mol. The van der Waals surface area contributed by atoms with Gasteiger partial charge in [0.2, 0.25) is 5.82 Å². The molecule has 1 aliphatic rings. The number of allylic oxidation sites excluding steroid dienone is 1. The Kier molecular flexibility index (Phi) is 3.75. The van der Waals surface area contributed by atoms with E-state index in [1.54, 1.807) is 24.3 Å². The first-order chi connectivity index (χ1) is 10.9. The summed E-state index contributed by atoms with van der Waals surface area (Å²) in [7, 11) is 0. The molecule has 23 heavy (non-hydrogen) atoms. The maximum absolute atomic E-state index is 13.7. The zero-order valence-electron chi connectivity index (χ0n) is 11.6. The second-order valence-electron chi connectivity index (χ2n) is 5.14. The van der Waals surface area contributed by atoms with Crippen molar-refractivity contribution in [1.29, 1.82) is 0 Å². The first kappa shape index (κ1) is 15.4. The molecule has 118 valence electrons. The van der Waals surface area contributed by atoms with Crippen LogP contribution < -0.4 is 0 Å². The molecule has 0 unspecified atom stereocenters. The van der Waals surface area contributed by atoms with Crippen LogP contribution in [0.1, 0.15) is 27.9 Å². The van der Waals surface area contributed by atoms with E-state index < -0.39 is 40.4 Å². The summed E-state index contributed by atoms with van der Waals surface area (Å²) in [5, 5.41) is 0. The van der Waals surface area contributed by atoms with Crippen molar-refractivity contribution in [3.63, 3.8) is 0 Å². The predicted octanol–water partition coefficient (Wildman–Crippen LogP) is 4.59. The van der Waals surface area contributed by atoms with Crippen LogP contribution in [0.2, 0.25) is 0 Å². The lowest BCUT2D eigenvalue weighted by atomic mass is 9.86. The van der Waals surface area contributed by atoms with Gasteiger partial charge in [-0.1, -0.05) is 24.3 Å². The minimum absolute atomic E-state index is 0.00640. The standard InChI is InChI=1S/C17H9F5O/c18-12-11(13(19)15(21)16(22)14(12)20)7-9-6-5-8-3-1-2-4-10(8)17(9)23/h1-4,7H,5-6H2. The van der Waals surface area contributed by atoms with E-state index in [0.29, 0.717) is 12.0 Å². The molecule has 0 radical (unpaired) electrons. The molecule has 0 saturated carbocycles. The Hall–Kier alpha value is -2.50. The summed E-state index contributed by atoms with van der Waals surface area (Å²) in [5.41, 5.74) is 0.0666. The quantitative estimate of drug-likeness (QED) is 0.324. The normalized spacial score (nSPS) is 15.9. The van der Waals surface area contributed by atoms with Gasteiger partial charge in [-0.15, -0.1) is 0 Å². The van der Waals surface area contributed by atoms with E-state index in [2.05, 4.69) is 0 Å². The number of halogens is 5. The van der Waals surface area contributed by atoms with Crippen molar-refractivity contribution in [3.8, 4) is 0 Å². The molecular formula is C17H9F5O. The number of ketones is 1. The van der Waals surface area contributed by atoms with Gasteiger partial charge in [-0.25, -0.2) is 22.0 Å². The number of hydrogen-bond donors (Lipinski definition) is 0. The van der Waals surface area contributed by atoms with Crippen LogP contribution in [0.15, 0.2) is 29.8 Å². The van der Waals surface area contributed by atoms with Crippen LogP contribution in [-0.2, 0) is 6.42 Å². The fourth-order valence-corrected chi connectivity index (χ4v) is 2.58. The summed E-state index contributed by atoms with van der Waals surface area (Å²) in [4.78, 5) is 12.3. The van der Waals surface area contributed by atoms with E-state index in [9.17, 15) is 26.7 Å². The van der Waals surface area contributed by atoms with E-state index in [1.165, 1.54) is 0 Å². The summed E-state index contributed by atoms with van der Waals surface area (Å²) in [6.07, 6.45) is 1.35. The number of rotatable bonds is 1. The molecule has 1 nitrogen and oxygen atoms in total. The molecule has 0 heterocycles. The first-order valence-corrected chi connectivity index (χ1v) is 6.76. The molecule has 1 aliphatic carbocycles. The number of fused-ring (bicyclic) bond motifs is 1. The van der Waals surface area contributed by atoms with Crippen LogP contribution in [-0.4, -0.2) is 5.78 Å². The van der Waals surface area contributed by atoms with Crippen molar-refractivity contribution in [2.45, 2.75) is 12.8 Å². The number of carbonyl (C=O) groups excluding carboxylic acids is 1. The molecule has 0 aromatic heterocycles. The fourth-order valence-electron chi connectivity index (χ4n) is 2.58. The molecule has 0 fully saturated rings. The highest BCUT2D eigenvalue weighted by atomic mass is 19.2. The summed E-state index contributed by atoms with van der Waals surface area (Å²) in [6.45, 7) is 0. The monoisotopic (exact) mass is 324 g/mol. The maximum Gasteiger partial charge on any atom is 0.200 e. The van der Waals surface area contributed by atoms with E-state index >= 15 is 0 Å². The molecular weight excluding hydrogens is 315 g/mol. The Labute approximate surface area is 128 Å². The van der Waals surface area contributed by atoms with Crippen LogP contribution in [0.4, 0.5) is 22.0 Å². The molecule has 0 N–H and O–H groups in total. The third-order valence-corrected chi connectivity index (χ3v) is 3.78. The van der Waals surface area contributed by atoms with Gasteiger partial charge in [0.05, 0.1) is 5.56 Å². The molecule has 0 bridgehead atoms. The third-order valence-electron chi connectivity index (χ3n) is 3.78. The van der Waals surface area contributed by atoms with Gasteiger partial charge >= 0.3 is 0 Å². The minimum Gasteiger partial charge on any atom is -0.289 e. The smallest absolute Gasteiger partial charge is 0.200 e. The van der Waals surface area contributed by atoms with E-state index in [0.717, 1.165) is 11.6 Å². The average Bonchev–Trinajstić information content (AvgIpc) is 2.57. The highest BCUT2D eigenvalue weighted by Crippen LogP contribution is 2.30. The molecule has 0 atom stereocenters. The van der Waals surface area contributed by atoms with Crippen molar-refractivity contribution < 1.29 is 26.7 Å². The highest BCUT2D eigenvalue weighted by Gasteiger charge is 2.27. The van der Waals surface area contributed by atoms with Crippen molar-refractivity contribution in [3.05, 3.63) is 75.6 Å². The van der Waals surface area contributed by atoms with Gasteiger partial charge in [-0.2, -0.15) is 0 Å². The zero-order valence-corrected chi connectivity index (χ0v) is 11.6. The van der Waals surface area contributed by atoms with Crippen LogP contribution in [0.3, 0.4) is 0 Å². The van der Waals surface area contributed by atoms with Crippen LogP contribution in [0.25, 0.3) is 6.08 Å². The SMILES string of the molecule is O=C1C(=Cc2c(F)c(F)c(F)c(F)c2F)CCc2ccccc21. The van der Waals surface area contributed by atoms with Gasteiger partial charge in [0.15, 0.2) is 29.1 Å². The second-order valence-corrected chi connectivity index (χ2v) is 5.14. The predicted molar refractivity (Wildman–Crippen MR) is 73.3 cm³/mol. The van der Waals surface area contributed by atoms with Crippen molar-refractivity contribution >= 4 is 11.9 Å². The van der Waals surface area contributed by atoms with E-state index in [4.69, 9.17) is 0 Å². The Bertz CT molecular complexity index is 825. The fraction of sp³-hybridized carbons (Fsp3) is 0.118. The number of benzene rings is 2. The first-order valence-electron chi connectivity index (χ1n) is 6.76. The Morgan fingerprint density at radius 1 is 0.783 bits per heavy atom. The number of aryl methyl sites for hydroxylation is 1. The summed E-state index contributed by atoms with van der Waals surface area (Å²) in [6, 6.07) is 6.70. The lowest BCUT2D eigenvalue weighted by Crippen LogP contribution is -2.14. The van der Waals surface area contributed by atoms with Gasteiger partial charge < -0.3 is 0 Å². The lowest BCUT2D eigenvalue weighted by molar-refractivity contribution is 0.102. The minimum atomic E-state index is -2.22. The molecule has 0 aliphatic heterocycles. The third kappa shape index (κ3) is 2.44. The van der Waals surface area contributed by atoms with Crippen LogP contribution in [0.5, 0.6) is 0 Å². The zero-order chi connectivity index (χ0) is 16.7. The van der Waals surface area contributed by atoms with Gasteiger partial charge in [-0.05, 0) is 24.5 Å². The van der Waals surface area contributed by atoms with Gasteiger partial charge in [0.25, 0.3) is 0 Å². The molecule has 0 saturated heterocycles. The number of carbonyl (C=O) groups is 1. The largest absolute Gasteiger partial charge is 0.289 e. The summed E-state index contributed by atoms with van der Waals surface area (Å²) in [5.74, 6) is -10.6. The molecule has 3 rings (SSSR count).